The first-order chi connectivity index (χ1) is 8.56. The molecule has 0 saturated carbocycles. The molecule has 0 saturated heterocycles. The van der Waals surface area contributed by atoms with Gasteiger partial charge in [-0.1, -0.05) is 18.7 Å². The number of phenolic OH excluding ortho intramolecular Hbond substituents is 1. The van der Waals surface area contributed by atoms with Crippen LogP contribution in [0.3, 0.4) is 0 Å². The van der Waals surface area contributed by atoms with E-state index in [-0.39, 0.29) is 12.2 Å². The minimum Gasteiger partial charge on any atom is -0.508 e. The van der Waals surface area contributed by atoms with Gasteiger partial charge in [-0.3, -0.25) is 4.79 Å². The number of carbonyl (C=O) groups excluding carboxylic acids is 2. The quantitative estimate of drug-likeness (QED) is 0.597. The number of rotatable bonds is 5. The van der Waals surface area contributed by atoms with Crippen molar-refractivity contribution in [1.29, 1.82) is 0 Å². The van der Waals surface area contributed by atoms with Crippen LogP contribution in [0, 0.1) is 0 Å². The number of esters is 1. The highest BCUT2D eigenvalue weighted by molar-refractivity contribution is 5.91. The van der Waals surface area contributed by atoms with Gasteiger partial charge < -0.3 is 15.2 Å². The summed E-state index contributed by atoms with van der Waals surface area (Å²) in [4.78, 5) is 22.7. The van der Waals surface area contributed by atoms with Crippen molar-refractivity contribution >= 4 is 11.9 Å². The molecule has 0 aliphatic heterocycles. The van der Waals surface area contributed by atoms with Gasteiger partial charge in [0.1, 0.15) is 11.8 Å². The van der Waals surface area contributed by atoms with Crippen molar-refractivity contribution in [2.45, 2.75) is 12.5 Å². The number of methoxy groups -OCH3 is 1. The lowest BCUT2D eigenvalue weighted by molar-refractivity contribution is -0.144. The predicted octanol–water partition coefficient (Wildman–Crippen LogP) is 0.778. The smallest absolute Gasteiger partial charge is 0.328 e. The van der Waals surface area contributed by atoms with Gasteiger partial charge in [0.15, 0.2) is 0 Å². The molecule has 1 atom stereocenters. The van der Waals surface area contributed by atoms with E-state index in [0.717, 1.165) is 11.6 Å². The SMILES string of the molecule is C=CC(=O)N[C@@H](Cc1ccc(O)cc1)C(=O)OC. The van der Waals surface area contributed by atoms with E-state index < -0.39 is 17.9 Å². The average Bonchev–Trinajstić information content (AvgIpc) is 2.39. The Balaban J connectivity index is 2.77. The first-order valence-electron chi connectivity index (χ1n) is 5.35. The van der Waals surface area contributed by atoms with E-state index >= 15 is 0 Å². The molecule has 0 aromatic heterocycles. The number of amides is 1. The third-order valence-electron chi connectivity index (χ3n) is 2.36. The second-order valence-corrected chi connectivity index (χ2v) is 3.66. The zero-order valence-corrected chi connectivity index (χ0v) is 10.1. The molecule has 18 heavy (non-hydrogen) atoms. The summed E-state index contributed by atoms with van der Waals surface area (Å²) in [7, 11) is 1.26. The maximum atomic E-state index is 11.5. The standard InChI is InChI=1S/C13H15NO4/c1-3-12(16)14-11(13(17)18-2)8-9-4-6-10(15)7-5-9/h3-7,11,15H,1,8H2,2H3,(H,14,16)/t11-/m0/s1. The van der Waals surface area contributed by atoms with Crippen LogP contribution in [0.4, 0.5) is 0 Å². The van der Waals surface area contributed by atoms with Crippen molar-refractivity contribution in [3.05, 3.63) is 42.5 Å². The summed E-state index contributed by atoms with van der Waals surface area (Å²) >= 11 is 0. The van der Waals surface area contributed by atoms with Crippen molar-refractivity contribution in [3.8, 4) is 5.75 Å². The van der Waals surface area contributed by atoms with Crippen LogP contribution >= 0.6 is 0 Å². The van der Waals surface area contributed by atoms with E-state index in [2.05, 4.69) is 16.6 Å². The number of phenols is 1. The van der Waals surface area contributed by atoms with Crippen LogP contribution in [0.5, 0.6) is 5.75 Å². The van der Waals surface area contributed by atoms with Gasteiger partial charge >= 0.3 is 5.97 Å². The molecule has 0 spiro atoms. The summed E-state index contributed by atoms with van der Waals surface area (Å²) < 4.78 is 4.62. The maximum Gasteiger partial charge on any atom is 0.328 e. The van der Waals surface area contributed by atoms with Crippen LogP contribution in [0.25, 0.3) is 0 Å². The van der Waals surface area contributed by atoms with Gasteiger partial charge in [-0.25, -0.2) is 4.79 Å². The highest BCUT2D eigenvalue weighted by atomic mass is 16.5. The minimum absolute atomic E-state index is 0.142. The third-order valence-corrected chi connectivity index (χ3v) is 2.36. The van der Waals surface area contributed by atoms with Gasteiger partial charge in [0.25, 0.3) is 0 Å². The van der Waals surface area contributed by atoms with Gasteiger partial charge in [0.2, 0.25) is 5.91 Å². The van der Waals surface area contributed by atoms with Crippen LogP contribution in [0.1, 0.15) is 5.56 Å². The number of hydrogen-bond acceptors (Lipinski definition) is 4. The van der Waals surface area contributed by atoms with E-state index in [4.69, 9.17) is 5.11 Å². The molecule has 0 aliphatic rings. The fourth-order valence-electron chi connectivity index (χ4n) is 1.43. The summed E-state index contributed by atoms with van der Waals surface area (Å²) in [5.41, 5.74) is 0.799. The van der Waals surface area contributed by atoms with Gasteiger partial charge in [-0.05, 0) is 23.8 Å². The molecular formula is C13H15NO4. The molecule has 0 aliphatic carbocycles. The Bertz CT molecular complexity index is 439. The molecule has 96 valence electrons. The molecule has 1 aromatic rings. The molecule has 5 heteroatoms. The van der Waals surface area contributed by atoms with Crippen molar-refractivity contribution in [1.82, 2.24) is 5.32 Å². The number of carbonyl (C=O) groups is 2. The largest absolute Gasteiger partial charge is 0.508 e. The highest BCUT2D eigenvalue weighted by Crippen LogP contribution is 2.11. The number of nitrogens with one attached hydrogen (secondary N) is 1. The molecule has 0 radical (unpaired) electrons. The third kappa shape index (κ3) is 3.93. The Morgan fingerprint density at radius 3 is 2.56 bits per heavy atom. The van der Waals surface area contributed by atoms with Crippen LogP contribution in [-0.2, 0) is 20.7 Å². The van der Waals surface area contributed by atoms with Crippen LogP contribution in [0.2, 0.25) is 0 Å². The molecule has 2 N–H and O–H groups in total. The normalized spacial score (nSPS) is 11.4. The summed E-state index contributed by atoms with van der Waals surface area (Å²) in [6.45, 7) is 3.32. The van der Waals surface area contributed by atoms with E-state index in [1.807, 2.05) is 0 Å². The summed E-state index contributed by atoms with van der Waals surface area (Å²) in [6.07, 6.45) is 1.37. The summed E-state index contributed by atoms with van der Waals surface area (Å²) in [5, 5.41) is 11.6. The molecule has 1 rings (SSSR count). The highest BCUT2D eigenvalue weighted by Gasteiger charge is 2.20. The summed E-state index contributed by atoms with van der Waals surface area (Å²) in [5.74, 6) is -0.828. The Labute approximate surface area is 105 Å². The zero-order valence-electron chi connectivity index (χ0n) is 10.1. The van der Waals surface area contributed by atoms with Gasteiger partial charge in [0, 0.05) is 6.42 Å². The van der Waals surface area contributed by atoms with Crippen molar-refractivity contribution in [2.24, 2.45) is 0 Å². The number of ether oxygens (including phenoxy) is 1. The van der Waals surface area contributed by atoms with E-state index in [1.54, 1.807) is 12.1 Å². The fourth-order valence-corrected chi connectivity index (χ4v) is 1.43. The molecule has 1 aromatic carbocycles. The molecule has 1 amide bonds. The topological polar surface area (TPSA) is 75.6 Å². The van der Waals surface area contributed by atoms with Crippen molar-refractivity contribution in [3.63, 3.8) is 0 Å². The fraction of sp³-hybridized carbons (Fsp3) is 0.231. The van der Waals surface area contributed by atoms with E-state index in [1.165, 1.54) is 19.2 Å². The first-order valence-corrected chi connectivity index (χ1v) is 5.35. The van der Waals surface area contributed by atoms with Gasteiger partial charge in [0.05, 0.1) is 7.11 Å². The lowest BCUT2D eigenvalue weighted by atomic mass is 10.1. The van der Waals surface area contributed by atoms with Crippen LogP contribution in [-0.4, -0.2) is 30.1 Å². The van der Waals surface area contributed by atoms with E-state index in [0.29, 0.717) is 0 Å². The first kappa shape index (κ1) is 13.8. The van der Waals surface area contributed by atoms with Crippen LogP contribution < -0.4 is 5.32 Å². The number of benzene rings is 1. The molecule has 0 bridgehead atoms. The Kier molecular flexibility index (Phi) is 4.92. The molecule has 0 fully saturated rings. The number of aromatic hydroxyl groups is 1. The second-order valence-electron chi connectivity index (χ2n) is 3.66. The van der Waals surface area contributed by atoms with Crippen LogP contribution in [0.15, 0.2) is 36.9 Å². The van der Waals surface area contributed by atoms with E-state index in [9.17, 15) is 9.59 Å². The Morgan fingerprint density at radius 1 is 1.44 bits per heavy atom. The maximum absolute atomic E-state index is 11.5. The van der Waals surface area contributed by atoms with Crippen molar-refractivity contribution in [2.75, 3.05) is 7.11 Å². The lowest BCUT2D eigenvalue weighted by Gasteiger charge is -2.15. The molecule has 0 heterocycles. The van der Waals surface area contributed by atoms with Gasteiger partial charge in [-0.2, -0.15) is 0 Å². The Morgan fingerprint density at radius 2 is 2.06 bits per heavy atom. The molecular weight excluding hydrogens is 234 g/mol. The minimum atomic E-state index is -0.773. The predicted molar refractivity (Wildman–Crippen MR) is 66.0 cm³/mol. The number of hydrogen-bond donors (Lipinski definition) is 2. The van der Waals surface area contributed by atoms with Gasteiger partial charge in [-0.15, -0.1) is 0 Å². The molecule has 5 nitrogen and oxygen atoms in total. The average molecular weight is 249 g/mol. The Hall–Kier alpha value is -2.30. The zero-order chi connectivity index (χ0) is 13.5. The molecule has 0 unspecified atom stereocenters. The lowest BCUT2D eigenvalue weighted by Crippen LogP contribution is -2.42. The van der Waals surface area contributed by atoms with Crippen molar-refractivity contribution < 1.29 is 19.4 Å². The second kappa shape index (κ2) is 6.44. The summed E-state index contributed by atoms with van der Waals surface area (Å²) in [6, 6.07) is 5.60. The monoisotopic (exact) mass is 249 g/mol.